The summed E-state index contributed by atoms with van der Waals surface area (Å²) in [5.41, 5.74) is 5.27. The molecule has 5 heteroatoms. The molecule has 0 saturated carbocycles. The Balaban J connectivity index is 1.45. The molecule has 0 unspecified atom stereocenters. The number of hydrogen-bond acceptors (Lipinski definition) is 3. The molecule has 1 amide bonds. The molecule has 4 aromatic rings. The van der Waals surface area contributed by atoms with E-state index in [-0.39, 0.29) is 5.91 Å². The lowest BCUT2D eigenvalue weighted by Crippen LogP contribution is -2.11. The van der Waals surface area contributed by atoms with Crippen LogP contribution in [-0.4, -0.2) is 10.9 Å². The first-order chi connectivity index (χ1) is 13.1. The van der Waals surface area contributed by atoms with Gasteiger partial charge < -0.3 is 9.73 Å². The van der Waals surface area contributed by atoms with Crippen molar-refractivity contribution in [3.63, 3.8) is 0 Å². The second kappa shape index (κ2) is 7.37. The number of carbonyl (C=O) groups excluding carboxylic acids is 1. The third kappa shape index (κ3) is 4.09. The van der Waals surface area contributed by atoms with Gasteiger partial charge in [-0.1, -0.05) is 34.1 Å². The molecule has 27 heavy (non-hydrogen) atoms. The van der Waals surface area contributed by atoms with E-state index in [4.69, 9.17) is 4.42 Å². The van der Waals surface area contributed by atoms with Gasteiger partial charge in [-0.3, -0.25) is 4.79 Å². The van der Waals surface area contributed by atoms with E-state index < -0.39 is 0 Å². The number of aromatic nitrogens is 1. The Morgan fingerprint density at radius 1 is 1.04 bits per heavy atom. The third-order valence-corrected chi connectivity index (χ3v) is 4.79. The van der Waals surface area contributed by atoms with E-state index in [9.17, 15) is 4.79 Å². The van der Waals surface area contributed by atoms with Gasteiger partial charge in [0.15, 0.2) is 11.5 Å². The Labute approximate surface area is 165 Å². The second-order valence-corrected chi connectivity index (χ2v) is 7.33. The number of anilines is 1. The van der Waals surface area contributed by atoms with Gasteiger partial charge in [-0.2, -0.15) is 0 Å². The van der Waals surface area contributed by atoms with Crippen LogP contribution >= 0.6 is 15.9 Å². The number of aryl methyl sites for hydroxylation is 1. The quantitative estimate of drug-likeness (QED) is 0.457. The summed E-state index contributed by atoms with van der Waals surface area (Å²) in [6.07, 6.45) is 0.606. The molecule has 0 spiro atoms. The first-order valence-corrected chi connectivity index (χ1v) is 9.38. The van der Waals surface area contributed by atoms with Crippen LogP contribution in [0.2, 0.25) is 0 Å². The number of rotatable bonds is 4. The zero-order valence-electron chi connectivity index (χ0n) is 14.7. The third-order valence-electron chi connectivity index (χ3n) is 4.26. The van der Waals surface area contributed by atoms with Crippen LogP contribution < -0.4 is 5.32 Å². The molecule has 0 bridgehead atoms. The van der Waals surface area contributed by atoms with Gasteiger partial charge in [-0.05, 0) is 66.6 Å². The molecule has 4 rings (SSSR count). The summed E-state index contributed by atoms with van der Waals surface area (Å²) < 4.78 is 6.75. The van der Waals surface area contributed by atoms with Crippen LogP contribution in [0.4, 0.5) is 5.69 Å². The topological polar surface area (TPSA) is 55.1 Å². The van der Waals surface area contributed by atoms with E-state index in [1.165, 1.54) is 0 Å². The highest BCUT2D eigenvalue weighted by atomic mass is 79.9. The van der Waals surface area contributed by atoms with Crippen LogP contribution in [0.3, 0.4) is 0 Å². The van der Waals surface area contributed by atoms with Crippen molar-refractivity contribution in [3.05, 3.63) is 93.8 Å². The fourth-order valence-corrected chi connectivity index (χ4v) is 3.11. The van der Waals surface area contributed by atoms with E-state index in [0.29, 0.717) is 17.9 Å². The lowest BCUT2D eigenvalue weighted by atomic mass is 10.1. The Hall–Kier alpha value is -2.92. The van der Waals surface area contributed by atoms with Crippen LogP contribution in [0.1, 0.15) is 27.4 Å². The molecular formula is C22H17BrN2O2. The summed E-state index contributed by atoms with van der Waals surface area (Å²) >= 11 is 3.37. The van der Waals surface area contributed by atoms with Crippen molar-refractivity contribution < 1.29 is 9.21 Å². The number of oxazole rings is 1. The molecule has 0 fully saturated rings. The predicted octanol–water partition coefficient (Wildman–Crippen LogP) is 5.74. The number of amides is 1. The standard InChI is InChI=1S/C22H17BrN2O2/c1-14-2-11-20-19(12-14)25-21(27-20)13-15-3-9-18(10-4-15)24-22(26)16-5-7-17(23)8-6-16/h2-12H,13H2,1H3,(H,24,26). The molecule has 134 valence electrons. The van der Waals surface area contributed by atoms with Gasteiger partial charge in [0.25, 0.3) is 5.91 Å². The normalized spacial score (nSPS) is 10.9. The molecule has 0 aliphatic carbocycles. The molecule has 0 radical (unpaired) electrons. The molecule has 0 saturated heterocycles. The number of carbonyl (C=O) groups is 1. The van der Waals surface area contributed by atoms with E-state index in [2.05, 4.69) is 26.2 Å². The largest absolute Gasteiger partial charge is 0.440 e. The maximum absolute atomic E-state index is 12.3. The summed E-state index contributed by atoms with van der Waals surface area (Å²) in [6.45, 7) is 2.04. The molecule has 0 atom stereocenters. The predicted molar refractivity (Wildman–Crippen MR) is 110 cm³/mol. The molecule has 1 N–H and O–H groups in total. The smallest absolute Gasteiger partial charge is 0.255 e. The molecule has 0 aliphatic heterocycles. The van der Waals surface area contributed by atoms with Crippen molar-refractivity contribution >= 4 is 38.6 Å². The van der Waals surface area contributed by atoms with E-state index in [0.717, 1.165) is 32.4 Å². The van der Waals surface area contributed by atoms with Crippen molar-refractivity contribution in [2.75, 3.05) is 5.32 Å². The van der Waals surface area contributed by atoms with Gasteiger partial charge in [0, 0.05) is 22.1 Å². The summed E-state index contributed by atoms with van der Waals surface area (Å²) in [5, 5.41) is 2.90. The van der Waals surface area contributed by atoms with Crippen LogP contribution in [0.25, 0.3) is 11.1 Å². The van der Waals surface area contributed by atoms with Gasteiger partial charge in [-0.15, -0.1) is 0 Å². The number of hydrogen-bond donors (Lipinski definition) is 1. The average Bonchev–Trinajstić information content (AvgIpc) is 3.05. The maximum atomic E-state index is 12.3. The first-order valence-electron chi connectivity index (χ1n) is 8.59. The molecule has 3 aromatic carbocycles. The number of halogens is 1. The molecule has 0 aliphatic rings. The van der Waals surface area contributed by atoms with Crippen LogP contribution in [0.5, 0.6) is 0 Å². The Kier molecular flexibility index (Phi) is 4.77. The molecule has 4 nitrogen and oxygen atoms in total. The molecule has 1 aromatic heterocycles. The summed E-state index contributed by atoms with van der Waals surface area (Å²) in [6, 6.07) is 20.9. The Bertz CT molecular complexity index is 1100. The highest BCUT2D eigenvalue weighted by molar-refractivity contribution is 9.10. The summed E-state index contributed by atoms with van der Waals surface area (Å²) in [7, 11) is 0. The van der Waals surface area contributed by atoms with Crippen molar-refractivity contribution in [2.45, 2.75) is 13.3 Å². The number of nitrogens with one attached hydrogen (secondary N) is 1. The number of benzene rings is 3. The van der Waals surface area contributed by atoms with Gasteiger partial charge in [0.2, 0.25) is 0 Å². The fourth-order valence-electron chi connectivity index (χ4n) is 2.85. The highest BCUT2D eigenvalue weighted by Crippen LogP contribution is 2.20. The number of nitrogens with zero attached hydrogens (tertiary/aromatic N) is 1. The minimum absolute atomic E-state index is 0.135. The highest BCUT2D eigenvalue weighted by Gasteiger charge is 2.08. The average molecular weight is 421 g/mol. The lowest BCUT2D eigenvalue weighted by Gasteiger charge is -2.06. The zero-order valence-corrected chi connectivity index (χ0v) is 16.3. The van der Waals surface area contributed by atoms with Crippen LogP contribution in [-0.2, 0) is 6.42 Å². The second-order valence-electron chi connectivity index (χ2n) is 6.41. The van der Waals surface area contributed by atoms with Crippen LogP contribution in [0, 0.1) is 6.92 Å². The van der Waals surface area contributed by atoms with Crippen molar-refractivity contribution in [2.24, 2.45) is 0 Å². The molecule has 1 heterocycles. The Morgan fingerprint density at radius 3 is 2.52 bits per heavy atom. The van der Waals surface area contributed by atoms with Gasteiger partial charge in [-0.25, -0.2) is 4.98 Å². The van der Waals surface area contributed by atoms with E-state index in [1.807, 2.05) is 61.5 Å². The Morgan fingerprint density at radius 2 is 1.78 bits per heavy atom. The van der Waals surface area contributed by atoms with Gasteiger partial charge >= 0.3 is 0 Å². The minimum atomic E-state index is -0.135. The van der Waals surface area contributed by atoms with Crippen molar-refractivity contribution in [1.82, 2.24) is 4.98 Å². The van der Waals surface area contributed by atoms with E-state index in [1.54, 1.807) is 12.1 Å². The monoisotopic (exact) mass is 420 g/mol. The zero-order chi connectivity index (χ0) is 18.8. The summed E-state index contributed by atoms with van der Waals surface area (Å²) in [5.74, 6) is 0.548. The lowest BCUT2D eigenvalue weighted by molar-refractivity contribution is 0.102. The van der Waals surface area contributed by atoms with Crippen molar-refractivity contribution in [1.29, 1.82) is 0 Å². The van der Waals surface area contributed by atoms with E-state index >= 15 is 0 Å². The van der Waals surface area contributed by atoms with Crippen LogP contribution in [0.15, 0.2) is 75.6 Å². The maximum Gasteiger partial charge on any atom is 0.255 e. The van der Waals surface area contributed by atoms with Gasteiger partial charge in [0.1, 0.15) is 5.52 Å². The van der Waals surface area contributed by atoms with Crippen molar-refractivity contribution in [3.8, 4) is 0 Å². The SMILES string of the molecule is Cc1ccc2oc(Cc3ccc(NC(=O)c4ccc(Br)cc4)cc3)nc2c1. The minimum Gasteiger partial charge on any atom is -0.440 e. The number of fused-ring (bicyclic) bond motifs is 1. The first kappa shape index (κ1) is 17.5. The fraction of sp³-hybridized carbons (Fsp3) is 0.0909. The summed E-state index contributed by atoms with van der Waals surface area (Å²) in [4.78, 5) is 16.8. The molecular weight excluding hydrogens is 404 g/mol. The van der Waals surface area contributed by atoms with Gasteiger partial charge in [0.05, 0.1) is 0 Å².